The van der Waals surface area contributed by atoms with Crippen molar-refractivity contribution >= 4 is 17.4 Å². The van der Waals surface area contributed by atoms with Gasteiger partial charge in [-0.25, -0.2) is 18.7 Å². The molecule has 1 aromatic heterocycles. The average molecular weight is 334 g/mol. The van der Waals surface area contributed by atoms with Gasteiger partial charge in [0, 0.05) is 19.2 Å². The maximum atomic E-state index is 13.6. The van der Waals surface area contributed by atoms with Crippen LogP contribution in [0.4, 0.5) is 20.3 Å². The lowest BCUT2D eigenvalue weighted by atomic mass is 10.3. The Kier molecular flexibility index (Phi) is 6.17. The van der Waals surface area contributed by atoms with Crippen LogP contribution in [0.3, 0.4) is 0 Å². The van der Waals surface area contributed by atoms with Crippen LogP contribution in [0.15, 0.2) is 30.6 Å². The van der Waals surface area contributed by atoms with Crippen LogP contribution in [0.25, 0.3) is 0 Å². The molecule has 0 aliphatic carbocycles. The molecule has 0 saturated carbocycles. The number of rotatable bonds is 7. The van der Waals surface area contributed by atoms with Crippen molar-refractivity contribution in [3.05, 3.63) is 47.9 Å². The summed E-state index contributed by atoms with van der Waals surface area (Å²) in [5.41, 5.74) is -0.0405. The number of amides is 1. The predicted molar refractivity (Wildman–Crippen MR) is 89.1 cm³/mol. The van der Waals surface area contributed by atoms with Crippen molar-refractivity contribution in [2.45, 2.75) is 26.7 Å². The number of hydrogen-bond acceptors (Lipinski definition) is 4. The second-order valence-electron chi connectivity index (χ2n) is 5.33. The summed E-state index contributed by atoms with van der Waals surface area (Å²) >= 11 is 0. The van der Waals surface area contributed by atoms with Crippen molar-refractivity contribution in [2.75, 3.05) is 23.3 Å². The number of hydrogen-bond donors (Lipinski definition) is 1. The van der Waals surface area contributed by atoms with E-state index in [1.165, 1.54) is 12.4 Å². The topological polar surface area (TPSA) is 58.1 Å². The van der Waals surface area contributed by atoms with E-state index in [9.17, 15) is 13.6 Å². The van der Waals surface area contributed by atoms with E-state index in [-0.39, 0.29) is 11.4 Å². The third-order valence-electron chi connectivity index (χ3n) is 3.36. The van der Waals surface area contributed by atoms with Crippen molar-refractivity contribution in [1.82, 2.24) is 9.97 Å². The maximum absolute atomic E-state index is 13.6. The Labute approximate surface area is 139 Å². The van der Waals surface area contributed by atoms with Crippen LogP contribution in [0.5, 0.6) is 0 Å². The maximum Gasteiger partial charge on any atom is 0.275 e. The minimum absolute atomic E-state index is 0.0652. The van der Waals surface area contributed by atoms with E-state index in [1.54, 1.807) is 0 Å². The van der Waals surface area contributed by atoms with Gasteiger partial charge in [0.15, 0.2) is 0 Å². The molecule has 24 heavy (non-hydrogen) atoms. The summed E-state index contributed by atoms with van der Waals surface area (Å²) in [6.45, 7) is 5.87. The lowest BCUT2D eigenvalue weighted by molar-refractivity contribution is 0.102. The van der Waals surface area contributed by atoms with E-state index in [2.05, 4.69) is 34.0 Å². The van der Waals surface area contributed by atoms with Crippen LogP contribution in [-0.4, -0.2) is 29.0 Å². The van der Waals surface area contributed by atoms with Gasteiger partial charge in [0.2, 0.25) is 0 Å². The van der Waals surface area contributed by atoms with Gasteiger partial charge in [0.05, 0.1) is 18.1 Å². The zero-order valence-electron chi connectivity index (χ0n) is 13.7. The van der Waals surface area contributed by atoms with Crippen LogP contribution in [-0.2, 0) is 0 Å². The van der Waals surface area contributed by atoms with E-state index in [0.717, 1.165) is 38.1 Å². The van der Waals surface area contributed by atoms with Gasteiger partial charge in [0.25, 0.3) is 5.91 Å². The first-order chi connectivity index (χ1) is 11.5. The lowest BCUT2D eigenvalue weighted by Crippen LogP contribution is -2.26. The Morgan fingerprint density at radius 3 is 2.38 bits per heavy atom. The van der Waals surface area contributed by atoms with E-state index in [0.29, 0.717) is 11.9 Å². The molecule has 1 N–H and O–H groups in total. The van der Waals surface area contributed by atoms with Gasteiger partial charge in [-0.2, -0.15) is 0 Å². The second kappa shape index (κ2) is 8.33. The summed E-state index contributed by atoms with van der Waals surface area (Å²) < 4.78 is 26.4. The van der Waals surface area contributed by atoms with E-state index < -0.39 is 17.5 Å². The second-order valence-corrected chi connectivity index (χ2v) is 5.33. The highest BCUT2D eigenvalue weighted by Crippen LogP contribution is 2.16. The number of carbonyl (C=O) groups excluding carboxylic acids is 1. The van der Waals surface area contributed by atoms with E-state index in [1.807, 2.05) is 0 Å². The van der Waals surface area contributed by atoms with Crippen molar-refractivity contribution in [2.24, 2.45) is 0 Å². The fourth-order valence-corrected chi connectivity index (χ4v) is 2.26. The Balaban J connectivity index is 2.10. The smallest absolute Gasteiger partial charge is 0.275 e. The Hall–Kier alpha value is -2.57. The van der Waals surface area contributed by atoms with Gasteiger partial charge in [0.1, 0.15) is 23.1 Å². The number of aromatic nitrogens is 2. The summed E-state index contributed by atoms with van der Waals surface area (Å²) in [5, 5.41) is 2.36. The Bertz CT molecular complexity index is 685. The van der Waals surface area contributed by atoms with Crippen LogP contribution >= 0.6 is 0 Å². The molecule has 2 rings (SSSR count). The highest BCUT2D eigenvalue weighted by molar-refractivity contribution is 6.02. The number of carbonyl (C=O) groups is 1. The SMILES string of the molecule is CCCN(CCC)c1cnc(C(=O)Nc2ccc(F)cc2F)cn1. The summed E-state index contributed by atoms with van der Waals surface area (Å²) in [5.74, 6) is -1.45. The lowest BCUT2D eigenvalue weighted by Gasteiger charge is -2.22. The van der Waals surface area contributed by atoms with E-state index in [4.69, 9.17) is 0 Å². The van der Waals surface area contributed by atoms with Crippen molar-refractivity contribution < 1.29 is 13.6 Å². The molecule has 0 atom stereocenters. The van der Waals surface area contributed by atoms with Gasteiger partial charge in [-0.3, -0.25) is 4.79 Å². The average Bonchev–Trinajstić information content (AvgIpc) is 2.57. The molecule has 0 saturated heterocycles. The standard InChI is InChI=1S/C17H20F2N4O/c1-3-7-23(8-4-2)16-11-20-15(10-21-16)17(24)22-14-6-5-12(18)9-13(14)19/h5-6,9-11H,3-4,7-8H2,1-2H3,(H,22,24). The van der Waals surface area contributed by atoms with Crippen molar-refractivity contribution in [3.8, 4) is 0 Å². The Morgan fingerprint density at radius 1 is 1.12 bits per heavy atom. The van der Waals surface area contributed by atoms with Crippen LogP contribution in [0, 0.1) is 11.6 Å². The molecule has 0 fully saturated rings. The zero-order valence-corrected chi connectivity index (χ0v) is 13.7. The minimum Gasteiger partial charge on any atom is -0.355 e. The molecule has 0 unspecified atom stereocenters. The molecule has 2 aromatic rings. The molecular formula is C17H20F2N4O. The largest absolute Gasteiger partial charge is 0.355 e. The van der Waals surface area contributed by atoms with Gasteiger partial charge >= 0.3 is 0 Å². The third kappa shape index (κ3) is 4.47. The van der Waals surface area contributed by atoms with Crippen LogP contribution in [0.2, 0.25) is 0 Å². The first-order valence-corrected chi connectivity index (χ1v) is 7.88. The molecule has 0 bridgehead atoms. The number of benzene rings is 1. The van der Waals surface area contributed by atoms with Crippen molar-refractivity contribution in [3.63, 3.8) is 0 Å². The number of nitrogens with zero attached hydrogens (tertiary/aromatic N) is 3. The Morgan fingerprint density at radius 2 is 1.83 bits per heavy atom. The molecule has 0 spiro atoms. The predicted octanol–water partition coefficient (Wildman–Crippen LogP) is 3.63. The number of halogens is 2. The molecule has 0 aliphatic heterocycles. The summed E-state index contributed by atoms with van der Waals surface area (Å²) in [7, 11) is 0. The number of anilines is 2. The third-order valence-corrected chi connectivity index (χ3v) is 3.36. The minimum atomic E-state index is -0.843. The molecule has 7 heteroatoms. The quantitative estimate of drug-likeness (QED) is 0.840. The molecule has 0 radical (unpaired) electrons. The summed E-state index contributed by atoms with van der Waals surface area (Å²) in [6, 6.07) is 2.94. The first kappa shape index (κ1) is 17.8. The molecule has 128 valence electrons. The first-order valence-electron chi connectivity index (χ1n) is 7.88. The summed E-state index contributed by atoms with van der Waals surface area (Å²) in [6.07, 6.45) is 4.84. The highest BCUT2D eigenvalue weighted by atomic mass is 19.1. The van der Waals surface area contributed by atoms with Gasteiger partial charge in [-0.05, 0) is 25.0 Å². The van der Waals surface area contributed by atoms with Gasteiger partial charge in [-0.15, -0.1) is 0 Å². The monoisotopic (exact) mass is 334 g/mol. The highest BCUT2D eigenvalue weighted by Gasteiger charge is 2.13. The molecule has 5 nitrogen and oxygen atoms in total. The van der Waals surface area contributed by atoms with Crippen LogP contribution in [0.1, 0.15) is 37.2 Å². The summed E-state index contributed by atoms with van der Waals surface area (Å²) in [4.78, 5) is 22.5. The van der Waals surface area contributed by atoms with Crippen molar-refractivity contribution in [1.29, 1.82) is 0 Å². The molecule has 1 amide bonds. The van der Waals surface area contributed by atoms with E-state index >= 15 is 0 Å². The number of nitrogens with one attached hydrogen (secondary N) is 1. The van der Waals surface area contributed by atoms with Gasteiger partial charge in [-0.1, -0.05) is 13.8 Å². The zero-order chi connectivity index (χ0) is 17.5. The molecule has 1 aromatic carbocycles. The fourth-order valence-electron chi connectivity index (χ4n) is 2.26. The molecular weight excluding hydrogens is 314 g/mol. The van der Waals surface area contributed by atoms with Gasteiger partial charge < -0.3 is 10.2 Å². The molecule has 1 heterocycles. The fraction of sp³-hybridized carbons (Fsp3) is 0.353. The molecule has 0 aliphatic rings. The normalized spacial score (nSPS) is 10.5. The van der Waals surface area contributed by atoms with Crippen LogP contribution < -0.4 is 10.2 Å².